The fourth-order valence-electron chi connectivity index (χ4n) is 2.27. The standard InChI is InChI=1S/C17H12ClN5O3/c1-10-15(26-14-5-11(7-19)4-13(18)6-14)17(25)23(9-20-10)8-12-2-3-21-22-16(12)24/h2-6,9H,8H2,1H3,(H,22,24). The van der Waals surface area contributed by atoms with Gasteiger partial charge in [0.15, 0.2) is 0 Å². The number of ether oxygens (including phenoxy) is 1. The first-order valence-electron chi connectivity index (χ1n) is 7.45. The summed E-state index contributed by atoms with van der Waals surface area (Å²) < 4.78 is 6.89. The molecule has 8 nitrogen and oxygen atoms in total. The summed E-state index contributed by atoms with van der Waals surface area (Å²) in [6.45, 7) is 1.63. The lowest BCUT2D eigenvalue weighted by molar-refractivity contribution is 0.458. The minimum atomic E-state index is -0.466. The number of hydrogen-bond donors (Lipinski definition) is 1. The summed E-state index contributed by atoms with van der Waals surface area (Å²) in [5.74, 6) is 0.236. The molecule has 0 saturated carbocycles. The topological polar surface area (TPSA) is 114 Å². The van der Waals surface area contributed by atoms with Crippen molar-refractivity contribution in [2.75, 3.05) is 0 Å². The van der Waals surface area contributed by atoms with Crippen molar-refractivity contribution in [3.8, 4) is 17.6 Å². The fraction of sp³-hybridized carbons (Fsp3) is 0.118. The first-order chi connectivity index (χ1) is 12.5. The van der Waals surface area contributed by atoms with Crippen molar-refractivity contribution in [1.29, 1.82) is 5.26 Å². The van der Waals surface area contributed by atoms with E-state index >= 15 is 0 Å². The highest BCUT2D eigenvalue weighted by atomic mass is 35.5. The Hall–Kier alpha value is -3.44. The summed E-state index contributed by atoms with van der Waals surface area (Å²) in [5, 5.41) is 15.2. The SMILES string of the molecule is Cc1ncn(Cc2ccn[nH]c2=O)c(=O)c1Oc1cc(Cl)cc(C#N)c1. The number of hydrogen-bond acceptors (Lipinski definition) is 6. The molecule has 0 bridgehead atoms. The van der Waals surface area contributed by atoms with E-state index in [-0.39, 0.29) is 18.0 Å². The summed E-state index contributed by atoms with van der Waals surface area (Å²) in [5.41, 5.74) is 0.169. The van der Waals surface area contributed by atoms with Gasteiger partial charge in [0.05, 0.1) is 30.2 Å². The van der Waals surface area contributed by atoms with Crippen molar-refractivity contribution in [1.82, 2.24) is 19.7 Å². The lowest BCUT2D eigenvalue weighted by atomic mass is 10.2. The molecule has 2 heterocycles. The molecule has 0 spiro atoms. The van der Waals surface area contributed by atoms with E-state index in [0.717, 1.165) is 0 Å². The first-order valence-corrected chi connectivity index (χ1v) is 7.83. The largest absolute Gasteiger partial charge is 0.450 e. The number of nitrogens with zero attached hydrogens (tertiary/aromatic N) is 4. The van der Waals surface area contributed by atoms with Crippen LogP contribution >= 0.6 is 11.6 Å². The third kappa shape index (κ3) is 3.63. The lowest BCUT2D eigenvalue weighted by Crippen LogP contribution is -2.26. The Morgan fingerprint density at radius 2 is 2.15 bits per heavy atom. The molecule has 0 atom stereocenters. The molecule has 0 aliphatic rings. The van der Waals surface area contributed by atoms with Crippen LogP contribution in [-0.4, -0.2) is 19.7 Å². The summed E-state index contributed by atoms with van der Waals surface area (Å²) in [7, 11) is 0. The average molecular weight is 370 g/mol. The van der Waals surface area contributed by atoms with Gasteiger partial charge in [-0.25, -0.2) is 10.1 Å². The molecule has 3 rings (SSSR count). The van der Waals surface area contributed by atoms with Gasteiger partial charge in [0.25, 0.3) is 11.1 Å². The molecule has 2 aromatic heterocycles. The summed E-state index contributed by atoms with van der Waals surface area (Å²) in [6, 6.07) is 7.93. The highest BCUT2D eigenvalue weighted by molar-refractivity contribution is 6.30. The van der Waals surface area contributed by atoms with Gasteiger partial charge in [0.2, 0.25) is 5.75 Å². The van der Waals surface area contributed by atoms with Crippen LogP contribution in [0.5, 0.6) is 11.5 Å². The summed E-state index contributed by atoms with van der Waals surface area (Å²) in [4.78, 5) is 28.6. The molecule has 130 valence electrons. The number of aromatic amines is 1. The van der Waals surface area contributed by atoms with Crippen molar-refractivity contribution < 1.29 is 4.74 Å². The average Bonchev–Trinajstić information content (AvgIpc) is 2.62. The number of aromatic nitrogens is 4. The molecule has 0 saturated heterocycles. The molecule has 1 N–H and O–H groups in total. The Kier molecular flexibility index (Phi) is 4.82. The predicted molar refractivity (Wildman–Crippen MR) is 93.4 cm³/mol. The van der Waals surface area contributed by atoms with E-state index in [4.69, 9.17) is 21.6 Å². The Bertz CT molecular complexity index is 1130. The molecule has 0 fully saturated rings. The minimum absolute atomic E-state index is 0.0101. The second-order valence-electron chi connectivity index (χ2n) is 5.39. The number of nitriles is 1. The molecule has 0 radical (unpaired) electrons. The lowest BCUT2D eigenvalue weighted by Gasteiger charge is -2.11. The Morgan fingerprint density at radius 1 is 1.35 bits per heavy atom. The van der Waals surface area contributed by atoms with Crippen LogP contribution in [0.4, 0.5) is 0 Å². The molecule has 0 aliphatic carbocycles. The number of H-pyrrole nitrogens is 1. The monoisotopic (exact) mass is 369 g/mol. The second kappa shape index (κ2) is 7.21. The molecule has 26 heavy (non-hydrogen) atoms. The molecule has 3 aromatic rings. The van der Waals surface area contributed by atoms with E-state index in [9.17, 15) is 9.59 Å². The van der Waals surface area contributed by atoms with E-state index in [1.807, 2.05) is 6.07 Å². The van der Waals surface area contributed by atoms with Crippen molar-refractivity contribution in [2.45, 2.75) is 13.5 Å². The Balaban J connectivity index is 2.00. The third-order valence-electron chi connectivity index (χ3n) is 3.54. The smallest absolute Gasteiger partial charge is 0.296 e. The molecule has 0 amide bonds. The van der Waals surface area contributed by atoms with Crippen LogP contribution in [0.15, 0.2) is 46.4 Å². The second-order valence-corrected chi connectivity index (χ2v) is 5.83. The maximum absolute atomic E-state index is 12.7. The Labute approximate surface area is 152 Å². The van der Waals surface area contributed by atoms with Gasteiger partial charge in [-0.05, 0) is 31.2 Å². The van der Waals surface area contributed by atoms with E-state index in [1.54, 1.807) is 6.92 Å². The van der Waals surface area contributed by atoms with Crippen molar-refractivity contribution in [3.05, 3.63) is 79.3 Å². The normalized spacial score (nSPS) is 10.3. The molecule has 0 aliphatic heterocycles. The zero-order valence-corrected chi connectivity index (χ0v) is 14.3. The number of nitrogens with one attached hydrogen (secondary N) is 1. The van der Waals surface area contributed by atoms with E-state index in [1.165, 1.54) is 41.4 Å². The van der Waals surface area contributed by atoms with Gasteiger partial charge in [-0.15, -0.1) is 0 Å². The number of halogens is 1. The van der Waals surface area contributed by atoms with Gasteiger partial charge in [-0.1, -0.05) is 11.6 Å². The van der Waals surface area contributed by atoms with Gasteiger partial charge >= 0.3 is 0 Å². The van der Waals surface area contributed by atoms with Crippen LogP contribution in [-0.2, 0) is 6.54 Å². The maximum Gasteiger partial charge on any atom is 0.296 e. The zero-order chi connectivity index (χ0) is 18.7. The summed E-state index contributed by atoms with van der Waals surface area (Å²) >= 11 is 5.96. The molecule has 0 unspecified atom stereocenters. The highest BCUT2D eigenvalue weighted by Crippen LogP contribution is 2.25. The van der Waals surface area contributed by atoms with Gasteiger partial charge in [0.1, 0.15) is 5.75 Å². The van der Waals surface area contributed by atoms with Crippen LogP contribution in [0.25, 0.3) is 0 Å². The minimum Gasteiger partial charge on any atom is -0.450 e. The van der Waals surface area contributed by atoms with Gasteiger partial charge in [0, 0.05) is 16.8 Å². The Morgan fingerprint density at radius 3 is 2.88 bits per heavy atom. The maximum atomic E-state index is 12.7. The molecular weight excluding hydrogens is 358 g/mol. The van der Waals surface area contributed by atoms with Crippen LogP contribution in [0.3, 0.4) is 0 Å². The van der Waals surface area contributed by atoms with Crippen molar-refractivity contribution >= 4 is 11.6 Å². The number of benzene rings is 1. The van der Waals surface area contributed by atoms with E-state index < -0.39 is 11.1 Å². The molecule has 1 aromatic carbocycles. The quantitative estimate of drug-likeness (QED) is 0.752. The van der Waals surface area contributed by atoms with Gasteiger partial charge < -0.3 is 4.74 Å². The summed E-state index contributed by atoms with van der Waals surface area (Å²) in [6.07, 6.45) is 2.76. The van der Waals surface area contributed by atoms with Gasteiger partial charge in [-0.3, -0.25) is 14.2 Å². The zero-order valence-electron chi connectivity index (χ0n) is 13.6. The first kappa shape index (κ1) is 17.4. The van der Waals surface area contributed by atoms with Crippen LogP contribution in [0.2, 0.25) is 5.02 Å². The number of aryl methyl sites for hydroxylation is 1. The molecule has 9 heteroatoms. The van der Waals surface area contributed by atoms with E-state index in [2.05, 4.69) is 15.2 Å². The van der Waals surface area contributed by atoms with Crippen LogP contribution in [0, 0.1) is 18.3 Å². The van der Waals surface area contributed by atoms with Crippen LogP contribution < -0.4 is 15.9 Å². The highest BCUT2D eigenvalue weighted by Gasteiger charge is 2.13. The van der Waals surface area contributed by atoms with Gasteiger partial charge in [-0.2, -0.15) is 10.4 Å². The van der Waals surface area contributed by atoms with Crippen molar-refractivity contribution in [3.63, 3.8) is 0 Å². The van der Waals surface area contributed by atoms with Crippen LogP contribution in [0.1, 0.15) is 16.8 Å². The molecular formula is C17H12ClN5O3. The fourth-order valence-corrected chi connectivity index (χ4v) is 2.49. The van der Waals surface area contributed by atoms with E-state index in [0.29, 0.717) is 21.8 Å². The third-order valence-corrected chi connectivity index (χ3v) is 3.76. The van der Waals surface area contributed by atoms with Crippen molar-refractivity contribution in [2.24, 2.45) is 0 Å². The number of rotatable bonds is 4. The predicted octanol–water partition coefficient (Wildman–Crippen LogP) is 2.00.